The second-order valence-electron chi connectivity index (χ2n) is 4.83. The van der Waals surface area contributed by atoms with E-state index in [1.54, 1.807) is 35.8 Å². The number of hydrogen-bond acceptors (Lipinski definition) is 4. The number of aromatic nitrogens is 2. The van der Waals surface area contributed by atoms with Gasteiger partial charge in [0.05, 0.1) is 16.8 Å². The molecule has 7 heteroatoms. The minimum Gasteiger partial charge on any atom is -0.276 e. The van der Waals surface area contributed by atoms with Crippen molar-refractivity contribution in [1.82, 2.24) is 15.6 Å². The first kappa shape index (κ1) is 15.5. The van der Waals surface area contributed by atoms with Crippen LogP contribution in [0.5, 0.6) is 0 Å². The number of hydrogen-bond donors (Lipinski definition) is 2. The normalized spacial score (nSPS) is 11.0. The number of halogens is 1. The van der Waals surface area contributed by atoms with Gasteiger partial charge in [0.1, 0.15) is 0 Å². The molecule has 1 aromatic carbocycles. The summed E-state index contributed by atoms with van der Waals surface area (Å²) in [5.74, 6) is -0.369. The average Bonchev–Trinajstić information content (AvgIpc) is 3.18. The highest BCUT2D eigenvalue weighted by Gasteiger charge is 2.11. The van der Waals surface area contributed by atoms with Gasteiger partial charge in [0, 0.05) is 9.90 Å². The summed E-state index contributed by atoms with van der Waals surface area (Å²) in [7, 11) is 0. The van der Waals surface area contributed by atoms with Crippen LogP contribution in [0.25, 0.3) is 10.6 Å². The molecule has 23 heavy (non-hydrogen) atoms. The molecule has 0 fully saturated rings. The van der Waals surface area contributed by atoms with E-state index in [1.165, 1.54) is 4.88 Å². The Labute approximate surface area is 142 Å². The summed E-state index contributed by atoms with van der Waals surface area (Å²) in [4.78, 5) is 14.3. The maximum absolute atomic E-state index is 12.0. The number of H-pyrrole nitrogens is 1. The lowest BCUT2D eigenvalue weighted by molar-refractivity contribution is 0.0950. The van der Waals surface area contributed by atoms with Gasteiger partial charge in [-0.1, -0.05) is 23.7 Å². The van der Waals surface area contributed by atoms with Crippen molar-refractivity contribution in [2.24, 2.45) is 5.10 Å². The third-order valence-corrected chi connectivity index (χ3v) is 4.35. The Morgan fingerprint density at radius 3 is 2.78 bits per heavy atom. The predicted octanol–water partition coefficient (Wildman–Crippen LogP) is 3.86. The van der Waals surface area contributed by atoms with Crippen LogP contribution in [0.1, 0.15) is 20.9 Å². The molecule has 5 nitrogen and oxygen atoms in total. The summed E-state index contributed by atoms with van der Waals surface area (Å²) in [5.41, 5.74) is 4.40. The topological polar surface area (TPSA) is 70.1 Å². The Hall–Kier alpha value is -2.44. The Kier molecular flexibility index (Phi) is 4.55. The van der Waals surface area contributed by atoms with Gasteiger partial charge in [-0.2, -0.15) is 10.2 Å². The zero-order chi connectivity index (χ0) is 16.2. The van der Waals surface area contributed by atoms with Gasteiger partial charge in [-0.15, -0.1) is 11.3 Å². The van der Waals surface area contributed by atoms with Crippen LogP contribution in [0.15, 0.2) is 47.6 Å². The van der Waals surface area contributed by atoms with Crippen molar-refractivity contribution in [3.8, 4) is 10.6 Å². The fraction of sp³-hybridized carbons (Fsp3) is 0.0625. The highest BCUT2D eigenvalue weighted by molar-refractivity contribution is 7.15. The molecule has 0 atom stereocenters. The standard InChI is InChI=1S/C16H13ClN4OS/c1-10-2-7-15(23-10)13-8-14(20-19-13)16(22)21-18-9-11-3-5-12(17)6-4-11/h2-9H,1H3,(H,19,20)(H,21,22). The first-order chi connectivity index (χ1) is 11.1. The molecule has 1 amide bonds. The Balaban J connectivity index is 1.64. The number of carbonyl (C=O) groups is 1. The van der Waals surface area contributed by atoms with E-state index >= 15 is 0 Å². The molecule has 2 N–H and O–H groups in total. The van der Waals surface area contributed by atoms with E-state index in [1.807, 2.05) is 31.2 Å². The number of amides is 1. The molecule has 0 bridgehead atoms. The maximum Gasteiger partial charge on any atom is 0.291 e. The minimum absolute atomic E-state index is 0.291. The van der Waals surface area contributed by atoms with Crippen LogP contribution >= 0.6 is 22.9 Å². The van der Waals surface area contributed by atoms with Crippen LogP contribution in [-0.2, 0) is 0 Å². The van der Waals surface area contributed by atoms with Crippen LogP contribution in [0.4, 0.5) is 0 Å². The first-order valence-corrected chi connectivity index (χ1v) is 8.02. The largest absolute Gasteiger partial charge is 0.291 e. The third-order valence-electron chi connectivity index (χ3n) is 3.07. The Morgan fingerprint density at radius 2 is 2.09 bits per heavy atom. The van der Waals surface area contributed by atoms with E-state index in [4.69, 9.17) is 11.6 Å². The summed E-state index contributed by atoms with van der Waals surface area (Å²) >= 11 is 7.44. The van der Waals surface area contributed by atoms with Crippen molar-refractivity contribution in [2.45, 2.75) is 6.92 Å². The van der Waals surface area contributed by atoms with E-state index in [0.29, 0.717) is 10.7 Å². The molecule has 0 aliphatic heterocycles. The van der Waals surface area contributed by atoms with Gasteiger partial charge >= 0.3 is 0 Å². The van der Waals surface area contributed by atoms with E-state index in [9.17, 15) is 4.79 Å². The third kappa shape index (κ3) is 3.85. The number of aromatic amines is 1. The van der Waals surface area contributed by atoms with Crippen molar-refractivity contribution in [2.75, 3.05) is 0 Å². The van der Waals surface area contributed by atoms with Crippen molar-refractivity contribution in [1.29, 1.82) is 0 Å². The van der Waals surface area contributed by atoms with Gasteiger partial charge in [0.15, 0.2) is 5.69 Å². The second-order valence-corrected chi connectivity index (χ2v) is 6.55. The van der Waals surface area contributed by atoms with Crippen LogP contribution in [0.3, 0.4) is 0 Å². The molecule has 0 radical (unpaired) electrons. The quantitative estimate of drug-likeness (QED) is 0.557. The lowest BCUT2D eigenvalue weighted by Crippen LogP contribution is -2.17. The van der Waals surface area contributed by atoms with E-state index < -0.39 is 0 Å². The van der Waals surface area contributed by atoms with Gasteiger partial charge < -0.3 is 0 Å². The number of nitrogens with one attached hydrogen (secondary N) is 2. The van der Waals surface area contributed by atoms with Crippen molar-refractivity contribution in [3.63, 3.8) is 0 Å². The van der Waals surface area contributed by atoms with Gasteiger partial charge in [-0.25, -0.2) is 5.43 Å². The molecule has 2 heterocycles. The SMILES string of the molecule is Cc1ccc(-c2cc(C(=O)NN=Cc3ccc(Cl)cc3)n[nH]2)s1. The molecule has 0 saturated heterocycles. The van der Waals surface area contributed by atoms with Crippen molar-refractivity contribution >= 4 is 35.1 Å². The van der Waals surface area contributed by atoms with Crippen LogP contribution in [0.2, 0.25) is 5.02 Å². The lowest BCUT2D eigenvalue weighted by atomic mass is 10.2. The van der Waals surface area contributed by atoms with Crippen LogP contribution in [-0.4, -0.2) is 22.3 Å². The minimum atomic E-state index is -0.369. The molecule has 0 saturated carbocycles. The van der Waals surface area contributed by atoms with Crippen LogP contribution < -0.4 is 5.43 Å². The predicted molar refractivity (Wildman–Crippen MR) is 93.1 cm³/mol. The molecule has 0 aliphatic carbocycles. The van der Waals surface area contributed by atoms with Crippen molar-refractivity contribution < 1.29 is 4.79 Å². The molecule has 116 valence electrons. The van der Waals surface area contributed by atoms with E-state index in [2.05, 4.69) is 20.7 Å². The number of nitrogens with zero attached hydrogens (tertiary/aromatic N) is 2. The summed E-state index contributed by atoms with van der Waals surface area (Å²) in [6, 6.07) is 12.9. The second kappa shape index (κ2) is 6.76. The van der Waals surface area contributed by atoms with Crippen molar-refractivity contribution in [3.05, 3.63) is 63.6 Å². The number of rotatable bonds is 4. The number of benzene rings is 1. The maximum atomic E-state index is 12.0. The summed E-state index contributed by atoms with van der Waals surface area (Å²) in [6.45, 7) is 2.03. The fourth-order valence-corrected chi connectivity index (χ4v) is 2.87. The fourth-order valence-electron chi connectivity index (χ4n) is 1.92. The molecule has 0 unspecified atom stereocenters. The summed E-state index contributed by atoms with van der Waals surface area (Å²) in [5, 5.41) is 11.4. The smallest absolute Gasteiger partial charge is 0.276 e. The molecular formula is C16H13ClN4OS. The number of thiophene rings is 1. The van der Waals surface area contributed by atoms with Gasteiger partial charge in [0.25, 0.3) is 5.91 Å². The molecular weight excluding hydrogens is 332 g/mol. The molecule has 0 spiro atoms. The zero-order valence-electron chi connectivity index (χ0n) is 12.2. The van der Waals surface area contributed by atoms with Crippen LogP contribution in [0, 0.1) is 6.92 Å². The van der Waals surface area contributed by atoms with E-state index in [-0.39, 0.29) is 5.91 Å². The molecule has 3 rings (SSSR count). The first-order valence-electron chi connectivity index (χ1n) is 6.83. The molecule has 2 aromatic heterocycles. The van der Waals surface area contributed by atoms with Gasteiger partial charge in [-0.3, -0.25) is 9.89 Å². The molecule has 0 aliphatic rings. The highest BCUT2D eigenvalue weighted by Crippen LogP contribution is 2.26. The van der Waals surface area contributed by atoms with Gasteiger partial charge in [-0.05, 0) is 42.8 Å². The number of aryl methyl sites for hydroxylation is 1. The zero-order valence-corrected chi connectivity index (χ0v) is 13.8. The lowest BCUT2D eigenvalue weighted by Gasteiger charge is -1.95. The number of hydrazone groups is 1. The number of carbonyl (C=O) groups excluding carboxylic acids is 1. The Morgan fingerprint density at radius 1 is 1.30 bits per heavy atom. The van der Waals surface area contributed by atoms with E-state index in [0.717, 1.165) is 16.1 Å². The van der Waals surface area contributed by atoms with Gasteiger partial charge in [0.2, 0.25) is 0 Å². The molecule has 3 aromatic rings. The summed E-state index contributed by atoms with van der Waals surface area (Å²) in [6.07, 6.45) is 1.55. The Bertz CT molecular complexity index is 851. The highest BCUT2D eigenvalue weighted by atomic mass is 35.5. The average molecular weight is 345 g/mol. The monoisotopic (exact) mass is 344 g/mol. The summed E-state index contributed by atoms with van der Waals surface area (Å²) < 4.78 is 0.